The van der Waals surface area contributed by atoms with E-state index in [0.29, 0.717) is 36.9 Å². The zero-order valence-electron chi connectivity index (χ0n) is 10.6. The van der Waals surface area contributed by atoms with Crippen LogP contribution in [-0.2, 0) is 0 Å². The van der Waals surface area contributed by atoms with Crippen molar-refractivity contribution in [1.29, 1.82) is 0 Å². The first-order valence-electron chi connectivity index (χ1n) is 7.00. The molecule has 2 fully saturated rings. The number of rotatable bonds is 4. The summed E-state index contributed by atoms with van der Waals surface area (Å²) in [5.41, 5.74) is 0. The Kier molecular flexibility index (Phi) is 5.22. The van der Waals surface area contributed by atoms with Crippen LogP contribution in [0.2, 0.25) is 0 Å². The zero-order chi connectivity index (χ0) is 12.1. The number of hydrogen-bond acceptors (Lipinski definition) is 4. The third kappa shape index (κ3) is 3.19. The molecule has 2 rings (SSSR count). The molecule has 4 unspecified atom stereocenters. The van der Waals surface area contributed by atoms with Gasteiger partial charge in [-0.2, -0.15) is 0 Å². The maximum atomic E-state index is 9.51. The maximum absolute atomic E-state index is 9.51. The molecule has 17 heavy (non-hydrogen) atoms. The molecule has 2 saturated heterocycles. The van der Waals surface area contributed by atoms with Crippen LogP contribution >= 0.6 is 0 Å². The van der Waals surface area contributed by atoms with Gasteiger partial charge in [0, 0.05) is 13.2 Å². The van der Waals surface area contributed by atoms with Crippen LogP contribution in [0.15, 0.2) is 0 Å². The summed E-state index contributed by atoms with van der Waals surface area (Å²) in [5.74, 6) is 2.25. The molecule has 0 aliphatic carbocycles. The molecule has 0 radical (unpaired) electrons. The molecule has 4 nitrogen and oxygen atoms in total. The molecule has 0 aromatic rings. The third-order valence-electron chi connectivity index (χ3n) is 4.64. The number of aliphatic hydroxyl groups is 2. The van der Waals surface area contributed by atoms with Gasteiger partial charge >= 0.3 is 0 Å². The fraction of sp³-hybridized carbons (Fsp3) is 1.00. The third-order valence-corrected chi connectivity index (χ3v) is 4.64. The van der Waals surface area contributed by atoms with E-state index in [1.165, 1.54) is 6.42 Å². The minimum absolute atomic E-state index is 0.297. The van der Waals surface area contributed by atoms with Gasteiger partial charge in [0.05, 0.1) is 0 Å². The molecule has 4 heteroatoms. The molecule has 2 heterocycles. The quantitative estimate of drug-likeness (QED) is 0.552. The van der Waals surface area contributed by atoms with Gasteiger partial charge in [0.1, 0.15) is 0 Å². The molecule has 0 amide bonds. The van der Waals surface area contributed by atoms with Crippen molar-refractivity contribution < 1.29 is 10.2 Å². The molecular weight excluding hydrogens is 216 g/mol. The lowest BCUT2D eigenvalue weighted by Gasteiger charge is -2.43. The van der Waals surface area contributed by atoms with E-state index >= 15 is 0 Å². The Morgan fingerprint density at radius 2 is 1.47 bits per heavy atom. The van der Waals surface area contributed by atoms with Crippen LogP contribution in [0.1, 0.15) is 19.3 Å². The minimum atomic E-state index is 0.297. The van der Waals surface area contributed by atoms with Crippen molar-refractivity contribution in [1.82, 2.24) is 10.6 Å². The van der Waals surface area contributed by atoms with Crippen LogP contribution in [0.3, 0.4) is 0 Å². The standard InChI is InChI=1S/C13H26N2O2/c16-6-3-10-1-4-14-7-12(10)13-8-15-5-2-11(13)9-17/h10-17H,1-9H2. The second-order valence-electron chi connectivity index (χ2n) is 5.53. The van der Waals surface area contributed by atoms with Crippen LogP contribution in [0.5, 0.6) is 0 Å². The summed E-state index contributed by atoms with van der Waals surface area (Å²) in [6.07, 6.45) is 3.17. The SMILES string of the molecule is OCCC1CCNCC1C1CNCCC1CO. The molecule has 0 aromatic heterocycles. The molecule has 0 saturated carbocycles. The van der Waals surface area contributed by atoms with Crippen LogP contribution in [0.4, 0.5) is 0 Å². The first kappa shape index (κ1) is 13.3. The summed E-state index contributed by atoms with van der Waals surface area (Å²) in [6.45, 7) is 4.80. The number of hydrogen-bond donors (Lipinski definition) is 4. The van der Waals surface area contributed by atoms with Gasteiger partial charge in [0.15, 0.2) is 0 Å². The Hall–Kier alpha value is -0.160. The van der Waals surface area contributed by atoms with Gasteiger partial charge in [-0.25, -0.2) is 0 Å². The molecule has 2 aliphatic rings. The van der Waals surface area contributed by atoms with E-state index in [1.54, 1.807) is 0 Å². The highest BCUT2D eigenvalue weighted by atomic mass is 16.3. The summed E-state index contributed by atoms with van der Waals surface area (Å²) in [6, 6.07) is 0. The molecule has 4 atom stereocenters. The summed E-state index contributed by atoms with van der Waals surface area (Å²) >= 11 is 0. The van der Waals surface area contributed by atoms with Crippen LogP contribution in [0, 0.1) is 23.7 Å². The van der Waals surface area contributed by atoms with Gasteiger partial charge in [-0.15, -0.1) is 0 Å². The van der Waals surface area contributed by atoms with Crippen LogP contribution < -0.4 is 10.6 Å². The summed E-state index contributed by atoms with van der Waals surface area (Å²) in [4.78, 5) is 0. The molecule has 100 valence electrons. The highest BCUT2D eigenvalue weighted by Gasteiger charge is 2.36. The van der Waals surface area contributed by atoms with Gasteiger partial charge in [-0.3, -0.25) is 0 Å². The highest BCUT2D eigenvalue weighted by Crippen LogP contribution is 2.35. The average molecular weight is 242 g/mol. The number of nitrogens with one attached hydrogen (secondary N) is 2. The Morgan fingerprint density at radius 1 is 0.882 bits per heavy atom. The predicted octanol–water partition coefficient (Wildman–Crippen LogP) is -0.187. The van der Waals surface area contributed by atoms with Gasteiger partial charge in [0.2, 0.25) is 0 Å². The van der Waals surface area contributed by atoms with E-state index in [2.05, 4.69) is 10.6 Å². The molecule has 4 N–H and O–H groups in total. The van der Waals surface area contributed by atoms with E-state index < -0.39 is 0 Å². The minimum Gasteiger partial charge on any atom is -0.396 e. The van der Waals surface area contributed by atoms with Gasteiger partial charge in [-0.1, -0.05) is 0 Å². The number of aliphatic hydroxyl groups excluding tert-OH is 2. The highest BCUT2D eigenvalue weighted by molar-refractivity contribution is 4.89. The van der Waals surface area contributed by atoms with Crippen molar-refractivity contribution in [3.63, 3.8) is 0 Å². The second-order valence-corrected chi connectivity index (χ2v) is 5.53. The molecule has 0 aromatic carbocycles. The fourth-order valence-electron chi connectivity index (χ4n) is 3.63. The maximum Gasteiger partial charge on any atom is 0.0462 e. The normalized spacial score (nSPS) is 39.2. The lowest BCUT2D eigenvalue weighted by molar-refractivity contribution is 0.0558. The zero-order valence-corrected chi connectivity index (χ0v) is 10.6. The average Bonchev–Trinajstić information content (AvgIpc) is 2.40. The van der Waals surface area contributed by atoms with Crippen LogP contribution in [-0.4, -0.2) is 49.6 Å². The topological polar surface area (TPSA) is 64.5 Å². The van der Waals surface area contributed by atoms with Crippen molar-refractivity contribution in [2.24, 2.45) is 23.7 Å². The van der Waals surface area contributed by atoms with E-state index in [1.807, 2.05) is 0 Å². The van der Waals surface area contributed by atoms with Crippen LogP contribution in [0.25, 0.3) is 0 Å². The van der Waals surface area contributed by atoms with Crippen molar-refractivity contribution in [2.45, 2.75) is 19.3 Å². The lowest BCUT2D eigenvalue weighted by atomic mass is 9.69. The monoisotopic (exact) mass is 242 g/mol. The number of piperidine rings is 2. The predicted molar refractivity (Wildman–Crippen MR) is 67.7 cm³/mol. The van der Waals surface area contributed by atoms with E-state index in [-0.39, 0.29) is 0 Å². The summed E-state index contributed by atoms with van der Waals surface area (Å²) < 4.78 is 0. The molecule has 0 bridgehead atoms. The van der Waals surface area contributed by atoms with E-state index in [4.69, 9.17) is 0 Å². The van der Waals surface area contributed by atoms with Crippen molar-refractivity contribution in [3.8, 4) is 0 Å². The first-order valence-corrected chi connectivity index (χ1v) is 7.00. The van der Waals surface area contributed by atoms with Gasteiger partial charge in [-0.05, 0) is 69.1 Å². The largest absolute Gasteiger partial charge is 0.396 e. The molecule has 2 aliphatic heterocycles. The van der Waals surface area contributed by atoms with E-state index in [9.17, 15) is 10.2 Å². The van der Waals surface area contributed by atoms with Crippen molar-refractivity contribution in [2.75, 3.05) is 39.4 Å². The summed E-state index contributed by atoms with van der Waals surface area (Å²) in [7, 11) is 0. The Balaban J connectivity index is 2.00. The van der Waals surface area contributed by atoms with Gasteiger partial charge in [0.25, 0.3) is 0 Å². The van der Waals surface area contributed by atoms with Crippen molar-refractivity contribution >= 4 is 0 Å². The first-order chi connectivity index (χ1) is 8.36. The lowest BCUT2D eigenvalue weighted by Crippen LogP contribution is -2.49. The Bertz CT molecular complexity index is 223. The Labute approximate surface area is 104 Å². The molecular formula is C13H26N2O2. The fourth-order valence-corrected chi connectivity index (χ4v) is 3.63. The molecule has 0 spiro atoms. The Morgan fingerprint density at radius 3 is 2.06 bits per heavy atom. The summed E-state index contributed by atoms with van der Waals surface area (Å²) in [5, 5.41) is 25.6. The second kappa shape index (κ2) is 6.69. The van der Waals surface area contributed by atoms with Gasteiger partial charge < -0.3 is 20.8 Å². The smallest absolute Gasteiger partial charge is 0.0462 e. The van der Waals surface area contributed by atoms with E-state index in [0.717, 1.165) is 39.0 Å². The van der Waals surface area contributed by atoms with Crippen molar-refractivity contribution in [3.05, 3.63) is 0 Å².